The van der Waals surface area contributed by atoms with Gasteiger partial charge in [0, 0.05) is 24.7 Å². The average molecular weight is 474 g/mol. The summed E-state index contributed by atoms with van der Waals surface area (Å²) in [5.41, 5.74) is 0.789. The third-order valence-corrected chi connectivity index (χ3v) is 8.34. The van der Waals surface area contributed by atoms with Crippen LogP contribution in [0.25, 0.3) is 11.0 Å². The second kappa shape index (κ2) is 10.1. The Morgan fingerprint density at radius 1 is 1.16 bits per heavy atom. The Bertz CT molecular complexity index is 1130. The van der Waals surface area contributed by atoms with Gasteiger partial charge in [-0.3, -0.25) is 4.79 Å². The molecule has 3 aromatic rings. The van der Waals surface area contributed by atoms with Gasteiger partial charge in [-0.2, -0.15) is 4.31 Å². The number of furan rings is 1. The van der Waals surface area contributed by atoms with Gasteiger partial charge in [-0.1, -0.05) is 42.8 Å². The predicted octanol–water partition coefficient (Wildman–Crippen LogP) is 4.36. The van der Waals surface area contributed by atoms with Crippen LogP contribution in [-0.4, -0.2) is 42.5 Å². The van der Waals surface area contributed by atoms with Crippen molar-refractivity contribution >= 4 is 38.7 Å². The van der Waals surface area contributed by atoms with E-state index < -0.39 is 10.0 Å². The number of amides is 1. The fourth-order valence-corrected chi connectivity index (χ4v) is 5.86. The largest absolute Gasteiger partial charge is 0.459 e. The van der Waals surface area contributed by atoms with Crippen molar-refractivity contribution in [3.63, 3.8) is 0 Å². The van der Waals surface area contributed by atoms with Gasteiger partial charge in [-0.05, 0) is 44.0 Å². The maximum absolute atomic E-state index is 12.8. The van der Waals surface area contributed by atoms with Crippen molar-refractivity contribution in [1.82, 2.24) is 14.6 Å². The third-order valence-electron chi connectivity index (χ3n) is 5.51. The van der Waals surface area contributed by atoms with E-state index >= 15 is 0 Å². The van der Waals surface area contributed by atoms with E-state index in [0.717, 1.165) is 36.7 Å². The van der Waals surface area contributed by atoms with Gasteiger partial charge < -0.3 is 9.73 Å². The van der Waals surface area contributed by atoms with Gasteiger partial charge >= 0.3 is 0 Å². The lowest BCUT2D eigenvalue weighted by molar-refractivity contribution is -0.119. The fourth-order valence-electron chi connectivity index (χ4n) is 3.75. The van der Waals surface area contributed by atoms with Gasteiger partial charge in [-0.15, -0.1) is 0 Å². The molecule has 1 saturated heterocycles. The molecule has 1 aliphatic heterocycles. The number of hydrogen-bond acceptors (Lipinski definition) is 6. The SMILES string of the molecule is CC(NC(=O)CSc1ccc(S(=O)(=O)N2CCCCCC2)cn1)c1cc2ccccc2o1. The van der Waals surface area contributed by atoms with Crippen molar-refractivity contribution in [2.24, 2.45) is 0 Å². The smallest absolute Gasteiger partial charge is 0.244 e. The molecule has 0 spiro atoms. The van der Waals surface area contributed by atoms with Crippen LogP contribution >= 0.6 is 11.8 Å². The molecule has 4 rings (SSSR count). The van der Waals surface area contributed by atoms with E-state index in [-0.39, 0.29) is 22.6 Å². The zero-order valence-electron chi connectivity index (χ0n) is 18.0. The summed E-state index contributed by atoms with van der Waals surface area (Å²) in [5, 5.41) is 4.53. The molecule has 1 aliphatic rings. The molecule has 1 atom stereocenters. The summed E-state index contributed by atoms with van der Waals surface area (Å²) < 4.78 is 33.0. The van der Waals surface area contributed by atoms with Crippen LogP contribution in [0.4, 0.5) is 0 Å². The highest BCUT2D eigenvalue weighted by Crippen LogP contribution is 2.25. The topological polar surface area (TPSA) is 92.5 Å². The van der Waals surface area contributed by atoms with E-state index in [9.17, 15) is 13.2 Å². The molecule has 7 nitrogen and oxygen atoms in total. The second-order valence-electron chi connectivity index (χ2n) is 7.91. The molecule has 3 heterocycles. The Kier molecular flexibility index (Phi) is 7.17. The van der Waals surface area contributed by atoms with Crippen molar-refractivity contribution in [2.45, 2.75) is 48.6 Å². The van der Waals surface area contributed by atoms with Gasteiger partial charge in [0.15, 0.2) is 0 Å². The third kappa shape index (κ3) is 5.33. The van der Waals surface area contributed by atoms with E-state index in [1.54, 1.807) is 16.4 Å². The Morgan fingerprint density at radius 3 is 2.59 bits per heavy atom. The first-order valence-electron chi connectivity index (χ1n) is 10.8. The highest BCUT2D eigenvalue weighted by atomic mass is 32.2. The van der Waals surface area contributed by atoms with E-state index in [1.807, 2.05) is 37.3 Å². The molecule has 1 amide bonds. The minimum absolute atomic E-state index is 0.147. The lowest BCUT2D eigenvalue weighted by Gasteiger charge is -2.19. The summed E-state index contributed by atoms with van der Waals surface area (Å²) in [6.07, 6.45) is 5.30. The number of sulfonamides is 1. The Hall–Kier alpha value is -2.36. The number of nitrogens with one attached hydrogen (secondary N) is 1. The number of fused-ring (bicyclic) bond motifs is 1. The highest BCUT2D eigenvalue weighted by molar-refractivity contribution is 7.99. The maximum Gasteiger partial charge on any atom is 0.244 e. The van der Waals surface area contributed by atoms with E-state index in [1.165, 1.54) is 18.0 Å². The molecule has 0 bridgehead atoms. The number of aromatic nitrogens is 1. The molecule has 0 saturated carbocycles. The number of carbonyl (C=O) groups is 1. The lowest BCUT2D eigenvalue weighted by atomic mass is 10.2. The van der Waals surface area contributed by atoms with Gasteiger partial charge in [0.2, 0.25) is 15.9 Å². The quantitative estimate of drug-likeness (QED) is 0.513. The molecule has 9 heteroatoms. The van der Waals surface area contributed by atoms with Crippen LogP contribution in [0.2, 0.25) is 0 Å². The number of rotatable bonds is 7. The number of benzene rings is 1. The first-order valence-corrected chi connectivity index (χ1v) is 13.2. The summed E-state index contributed by atoms with van der Waals surface area (Å²) in [5.74, 6) is 0.729. The molecule has 1 fully saturated rings. The van der Waals surface area contributed by atoms with Crippen LogP contribution < -0.4 is 5.32 Å². The average Bonchev–Trinajstić information content (AvgIpc) is 3.03. The number of thioether (sulfide) groups is 1. The number of pyridine rings is 1. The van der Waals surface area contributed by atoms with Crippen LogP contribution in [0.1, 0.15) is 44.4 Å². The van der Waals surface area contributed by atoms with E-state index in [2.05, 4.69) is 10.3 Å². The van der Waals surface area contributed by atoms with Crippen molar-refractivity contribution < 1.29 is 17.6 Å². The number of carbonyl (C=O) groups excluding carboxylic acids is 1. The predicted molar refractivity (Wildman–Crippen MR) is 125 cm³/mol. The summed E-state index contributed by atoms with van der Waals surface area (Å²) in [6.45, 7) is 2.99. The molecule has 0 aliphatic carbocycles. The normalized spacial score (nSPS) is 16.5. The molecule has 170 valence electrons. The zero-order chi connectivity index (χ0) is 22.6. The maximum atomic E-state index is 12.8. The minimum atomic E-state index is -3.52. The molecular formula is C23H27N3O4S2. The summed E-state index contributed by atoms with van der Waals surface area (Å²) in [6, 6.07) is 12.6. The molecule has 0 radical (unpaired) electrons. The summed E-state index contributed by atoms with van der Waals surface area (Å²) in [4.78, 5) is 16.8. The highest BCUT2D eigenvalue weighted by Gasteiger charge is 2.25. The van der Waals surface area contributed by atoms with Crippen LogP contribution in [0.3, 0.4) is 0 Å². The van der Waals surface area contributed by atoms with E-state index in [0.29, 0.717) is 23.9 Å². The van der Waals surface area contributed by atoms with Crippen LogP contribution in [0, 0.1) is 0 Å². The van der Waals surface area contributed by atoms with Crippen molar-refractivity contribution in [1.29, 1.82) is 0 Å². The number of para-hydroxylation sites is 1. The molecular weight excluding hydrogens is 446 g/mol. The van der Waals surface area contributed by atoms with Gasteiger partial charge in [0.25, 0.3) is 0 Å². The van der Waals surface area contributed by atoms with E-state index in [4.69, 9.17) is 4.42 Å². The minimum Gasteiger partial charge on any atom is -0.459 e. The fraction of sp³-hybridized carbons (Fsp3) is 0.391. The first kappa shape index (κ1) is 22.8. The second-order valence-corrected chi connectivity index (χ2v) is 10.8. The van der Waals surface area contributed by atoms with Crippen molar-refractivity contribution in [3.8, 4) is 0 Å². The number of nitrogens with zero attached hydrogens (tertiary/aromatic N) is 2. The Balaban J connectivity index is 1.32. The molecule has 2 aromatic heterocycles. The summed E-state index contributed by atoms with van der Waals surface area (Å²) >= 11 is 1.27. The van der Waals surface area contributed by atoms with Crippen LogP contribution in [0.15, 0.2) is 63.0 Å². The van der Waals surface area contributed by atoms with Crippen molar-refractivity contribution in [2.75, 3.05) is 18.8 Å². The Labute approximate surface area is 192 Å². The molecule has 1 aromatic carbocycles. The number of hydrogen-bond donors (Lipinski definition) is 1. The molecule has 1 unspecified atom stereocenters. The Morgan fingerprint density at radius 2 is 1.91 bits per heavy atom. The van der Waals surface area contributed by atoms with Gasteiger partial charge in [0.1, 0.15) is 16.2 Å². The van der Waals surface area contributed by atoms with Crippen LogP contribution in [-0.2, 0) is 14.8 Å². The standard InChI is InChI=1S/C23H27N3O4S2/c1-17(21-14-18-8-4-5-9-20(18)30-21)25-22(27)16-31-23-11-10-19(15-24-23)32(28,29)26-12-6-2-3-7-13-26/h4-5,8-11,14-15,17H,2-3,6-7,12-13,16H2,1H3,(H,25,27). The van der Waals surface area contributed by atoms with Gasteiger partial charge in [-0.25, -0.2) is 13.4 Å². The van der Waals surface area contributed by atoms with Crippen LogP contribution in [0.5, 0.6) is 0 Å². The molecule has 1 N–H and O–H groups in total. The zero-order valence-corrected chi connectivity index (χ0v) is 19.6. The summed E-state index contributed by atoms with van der Waals surface area (Å²) in [7, 11) is -3.52. The lowest BCUT2D eigenvalue weighted by Crippen LogP contribution is -2.32. The monoisotopic (exact) mass is 473 g/mol. The van der Waals surface area contributed by atoms with Gasteiger partial charge in [0.05, 0.1) is 16.8 Å². The first-order chi connectivity index (χ1) is 15.4. The van der Waals surface area contributed by atoms with Crippen molar-refractivity contribution in [3.05, 3.63) is 54.4 Å². The molecule has 32 heavy (non-hydrogen) atoms.